The minimum absolute atomic E-state index is 0.243. The van der Waals surface area contributed by atoms with Crippen molar-refractivity contribution >= 4 is 11.6 Å². The molecule has 0 fully saturated rings. The monoisotopic (exact) mass is 345 g/mol. The summed E-state index contributed by atoms with van der Waals surface area (Å²) in [5.74, 6) is -1.21. The summed E-state index contributed by atoms with van der Waals surface area (Å²) < 4.78 is 37.3. The van der Waals surface area contributed by atoms with Gasteiger partial charge in [-0.15, -0.1) is 10.2 Å². The summed E-state index contributed by atoms with van der Waals surface area (Å²) in [4.78, 5) is 12.1. The molecule has 3 aromatic rings. The summed E-state index contributed by atoms with van der Waals surface area (Å²) in [7, 11) is 0. The number of benzene rings is 2. The number of rotatable bonds is 5. The van der Waals surface area contributed by atoms with Gasteiger partial charge in [-0.2, -0.15) is 0 Å². The van der Waals surface area contributed by atoms with Crippen LogP contribution in [0.2, 0.25) is 0 Å². The van der Waals surface area contributed by atoms with Gasteiger partial charge in [0.25, 0.3) is 5.91 Å². The number of carbonyl (C=O) groups excluding carboxylic acids is 1. The van der Waals surface area contributed by atoms with Crippen molar-refractivity contribution in [3.8, 4) is 17.2 Å². The van der Waals surface area contributed by atoms with Crippen LogP contribution >= 0.6 is 0 Å². The van der Waals surface area contributed by atoms with Crippen molar-refractivity contribution in [3.05, 3.63) is 60.5 Å². The molecule has 8 heteroatoms. The number of halogens is 2. The van der Waals surface area contributed by atoms with Crippen molar-refractivity contribution in [1.29, 1.82) is 0 Å². The molecule has 128 valence electrons. The largest absolute Gasteiger partial charge is 0.481 e. The van der Waals surface area contributed by atoms with Gasteiger partial charge in [0.1, 0.15) is 17.4 Å². The Morgan fingerprint density at radius 3 is 2.64 bits per heavy atom. The highest BCUT2D eigenvalue weighted by atomic mass is 19.1. The molecule has 1 amide bonds. The van der Waals surface area contributed by atoms with Gasteiger partial charge in [-0.05, 0) is 43.3 Å². The molecule has 0 aliphatic carbocycles. The van der Waals surface area contributed by atoms with Crippen LogP contribution < -0.4 is 10.1 Å². The third kappa shape index (κ3) is 3.97. The zero-order chi connectivity index (χ0) is 17.8. The van der Waals surface area contributed by atoms with Gasteiger partial charge in [-0.1, -0.05) is 0 Å². The quantitative estimate of drug-likeness (QED) is 0.767. The molecule has 0 aliphatic rings. The smallest absolute Gasteiger partial charge is 0.265 e. The molecule has 2 aromatic carbocycles. The highest BCUT2D eigenvalue weighted by molar-refractivity contribution is 5.94. The molecule has 0 aliphatic heterocycles. The Balaban J connectivity index is 1.64. The van der Waals surface area contributed by atoms with E-state index in [1.165, 1.54) is 13.3 Å². The number of aromatic nitrogens is 2. The fourth-order valence-electron chi connectivity index (χ4n) is 2.06. The maximum absolute atomic E-state index is 13.6. The second kappa shape index (κ2) is 7.08. The molecule has 1 atom stereocenters. The zero-order valence-electron chi connectivity index (χ0n) is 13.1. The molecule has 1 N–H and O–H groups in total. The van der Waals surface area contributed by atoms with E-state index in [2.05, 4.69) is 15.5 Å². The minimum atomic E-state index is -0.920. The maximum atomic E-state index is 13.6. The number of amides is 1. The van der Waals surface area contributed by atoms with Crippen LogP contribution in [0.1, 0.15) is 6.92 Å². The third-order valence-electron chi connectivity index (χ3n) is 3.33. The van der Waals surface area contributed by atoms with E-state index in [1.54, 1.807) is 24.3 Å². The van der Waals surface area contributed by atoms with Gasteiger partial charge in [0, 0.05) is 11.6 Å². The zero-order valence-corrected chi connectivity index (χ0v) is 13.1. The van der Waals surface area contributed by atoms with Crippen LogP contribution in [-0.4, -0.2) is 22.2 Å². The number of ether oxygens (including phenoxy) is 1. The first-order chi connectivity index (χ1) is 12.0. The van der Waals surface area contributed by atoms with Crippen LogP contribution in [0.5, 0.6) is 5.75 Å². The fourth-order valence-corrected chi connectivity index (χ4v) is 2.06. The van der Waals surface area contributed by atoms with Gasteiger partial charge >= 0.3 is 0 Å². The van der Waals surface area contributed by atoms with Gasteiger partial charge in [0.15, 0.2) is 6.10 Å². The standard InChI is InChI=1S/C17H13F2N3O3/c1-10(16(23)21-15-8-12(18)4-7-14(15)19)25-13-5-2-11(3-6-13)17-22-20-9-24-17/h2-10H,1H3,(H,21,23)/t10-/m1/s1. The van der Waals surface area contributed by atoms with Crippen molar-refractivity contribution in [2.75, 3.05) is 5.32 Å². The molecule has 0 saturated heterocycles. The molecule has 0 radical (unpaired) electrons. The Hall–Kier alpha value is -3.29. The predicted octanol–water partition coefficient (Wildman–Crippen LogP) is 3.42. The molecule has 0 spiro atoms. The van der Waals surface area contributed by atoms with Crippen molar-refractivity contribution in [2.24, 2.45) is 0 Å². The summed E-state index contributed by atoms with van der Waals surface area (Å²) in [5, 5.41) is 9.66. The number of hydrogen-bond acceptors (Lipinski definition) is 5. The van der Waals surface area contributed by atoms with E-state index in [9.17, 15) is 13.6 Å². The Labute approximate surface area is 141 Å². The first-order valence-electron chi connectivity index (χ1n) is 7.32. The van der Waals surface area contributed by atoms with E-state index in [0.717, 1.165) is 18.2 Å². The molecule has 1 heterocycles. The lowest BCUT2D eigenvalue weighted by atomic mass is 10.2. The van der Waals surface area contributed by atoms with Crippen molar-refractivity contribution in [1.82, 2.24) is 10.2 Å². The Morgan fingerprint density at radius 2 is 1.96 bits per heavy atom. The molecule has 0 bridgehead atoms. The van der Waals surface area contributed by atoms with Gasteiger partial charge in [0.05, 0.1) is 5.69 Å². The number of hydrogen-bond donors (Lipinski definition) is 1. The highest BCUT2D eigenvalue weighted by Gasteiger charge is 2.17. The SMILES string of the molecule is C[C@@H](Oc1ccc(-c2nnco2)cc1)C(=O)Nc1cc(F)ccc1F. The predicted molar refractivity (Wildman–Crippen MR) is 84.8 cm³/mol. The second-order valence-electron chi connectivity index (χ2n) is 5.14. The molecule has 0 unspecified atom stereocenters. The summed E-state index contributed by atoms with van der Waals surface area (Å²) in [6.07, 6.45) is 0.300. The lowest BCUT2D eigenvalue weighted by molar-refractivity contribution is -0.122. The summed E-state index contributed by atoms with van der Waals surface area (Å²) in [5.41, 5.74) is 0.455. The van der Waals surface area contributed by atoms with Crippen molar-refractivity contribution in [2.45, 2.75) is 13.0 Å². The Bertz CT molecular complexity index is 867. The Kier molecular flexibility index (Phi) is 4.69. The normalized spacial score (nSPS) is 11.8. The first-order valence-corrected chi connectivity index (χ1v) is 7.32. The van der Waals surface area contributed by atoms with Crippen LogP contribution in [0.3, 0.4) is 0 Å². The van der Waals surface area contributed by atoms with E-state index in [1.807, 2.05) is 0 Å². The van der Waals surface area contributed by atoms with E-state index in [4.69, 9.17) is 9.15 Å². The van der Waals surface area contributed by atoms with Gasteiger partial charge < -0.3 is 14.5 Å². The van der Waals surface area contributed by atoms with Crippen LogP contribution in [0.4, 0.5) is 14.5 Å². The molecule has 3 rings (SSSR count). The van der Waals surface area contributed by atoms with Crippen molar-refractivity contribution < 1.29 is 22.7 Å². The van der Waals surface area contributed by atoms with E-state index >= 15 is 0 Å². The van der Waals surface area contributed by atoms with E-state index < -0.39 is 23.6 Å². The highest BCUT2D eigenvalue weighted by Crippen LogP contribution is 2.21. The maximum Gasteiger partial charge on any atom is 0.265 e. The van der Waals surface area contributed by atoms with E-state index in [0.29, 0.717) is 17.2 Å². The van der Waals surface area contributed by atoms with Crippen LogP contribution in [-0.2, 0) is 4.79 Å². The number of carbonyl (C=O) groups is 1. The second-order valence-corrected chi connectivity index (χ2v) is 5.14. The van der Waals surface area contributed by atoms with Crippen LogP contribution in [0.25, 0.3) is 11.5 Å². The van der Waals surface area contributed by atoms with Gasteiger partial charge in [-0.3, -0.25) is 4.79 Å². The summed E-state index contributed by atoms with van der Waals surface area (Å²) >= 11 is 0. The molecular formula is C17H13F2N3O3. The average molecular weight is 345 g/mol. The molecule has 0 saturated carbocycles. The topological polar surface area (TPSA) is 77.2 Å². The summed E-state index contributed by atoms with van der Waals surface area (Å²) in [6, 6.07) is 9.46. The fraction of sp³-hybridized carbons (Fsp3) is 0.118. The lowest BCUT2D eigenvalue weighted by Crippen LogP contribution is -2.30. The minimum Gasteiger partial charge on any atom is -0.481 e. The first kappa shape index (κ1) is 16.6. The average Bonchev–Trinajstić information content (AvgIpc) is 3.13. The number of anilines is 1. The molecule has 25 heavy (non-hydrogen) atoms. The van der Waals surface area contributed by atoms with Crippen molar-refractivity contribution in [3.63, 3.8) is 0 Å². The lowest BCUT2D eigenvalue weighted by Gasteiger charge is -2.15. The molecule has 1 aromatic heterocycles. The number of nitrogens with one attached hydrogen (secondary N) is 1. The Morgan fingerprint density at radius 1 is 1.20 bits per heavy atom. The molecular weight excluding hydrogens is 332 g/mol. The van der Waals surface area contributed by atoms with Crippen LogP contribution in [0.15, 0.2) is 53.3 Å². The number of nitrogens with zero attached hydrogens (tertiary/aromatic N) is 2. The molecule has 6 nitrogen and oxygen atoms in total. The van der Waals surface area contributed by atoms with E-state index in [-0.39, 0.29) is 5.69 Å². The third-order valence-corrected chi connectivity index (χ3v) is 3.33. The van der Waals surface area contributed by atoms with Gasteiger partial charge in [0.2, 0.25) is 12.3 Å². The van der Waals surface area contributed by atoms with Gasteiger partial charge in [-0.25, -0.2) is 8.78 Å². The summed E-state index contributed by atoms with van der Waals surface area (Å²) in [6.45, 7) is 1.50. The van der Waals surface area contributed by atoms with Crippen LogP contribution in [0, 0.1) is 11.6 Å².